The van der Waals surface area contributed by atoms with Crippen LogP contribution in [-0.2, 0) is 0 Å². The lowest BCUT2D eigenvalue weighted by molar-refractivity contribution is 0.0930. The zero-order valence-corrected chi connectivity index (χ0v) is 12.7. The maximum atomic E-state index is 12.2. The summed E-state index contributed by atoms with van der Waals surface area (Å²) in [5, 5.41) is 4.69. The molecule has 0 spiro atoms. The van der Waals surface area contributed by atoms with Crippen molar-refractivity contribution >= 4 is 33.4 Å². The molecule has 4 heteroatoms. The van der Waals surface area contributed by atoms with E-state index >= 15 is 0 Å². The van der Waals surface area contributed by atoms with Gasteiger partial charge in [0.25, 0.3) is 5.91 Å². The molecule has 18 heavy (non-hydrogen) atoms. The van der Waals surface area contributed by atoms with Crippen LogP contribution in [0.3, 0.4) is 0 Å². The number of hydrogen-bond donors (Lipinski definition) is 1. The molecule has 0 aliphatic heterocycles. The van der Waals surface area contributed by atoms with E-state index in [0.717, 1.165) is 17.3 Å². The number of carbonyl (C=O) groups is 1. The predicted molar refractivity (Wildman–Crippen MR) is 78.6 cm³/mol. The second kappa shape index (κ2) is 6.07. The Labute approximate surface area is 121 Å². The molecule has 2 nitrogen and oxygen atoms in total. The summed E-state index contributed by atoms with van der Waals surface area (Å²) in [6, 6.07) is 5.74. The van der Waals surface area contributed by atoms with Crippen molar-refractivity contribution in [3.63, 3.8) is 0 Å². The Morgan fingerprint density at radius 1 is 1.44 bits per heavy atom. The SMILES string of the molecule is Cc1cc(Cl)cc(C(=O)NC2CCCC2CBr)c1. The van der Waals surface area contributed by atoms with Crippen LogP contribution in [-0.4, -0.2) is 17.3 Å². The highest BCUT2D eigenvalue weighted by molar-refractivity contribution is 9.09. The molecular formula is C14H17BrClNO. The largest absolute Gasteiger partial charge is 0.349 e. The average molecular weight is 331 g/mol. The van der Waals surface area contributed by atoms with Crippen LogP contribution in [0.2, 0.25) is 5.02 Å². The monoisotopic (exact) mass is 329 g/mol. The van der Waals surface area contributed by atoms with Gasteiger partial charge in [-0.2, -0.15) is 0 Å². The van der Waals surface area contributed by atoms with Crippen molar-refractivity contribution in [2.75, 3.05) is 5.33 Å². The van der Waals surface area contributed by atoms with Crippen LogP contribution in [0.15, 0.2) is 18.2 Å². The summed E-state index contributed by atoms with van der Waals surface area (Å²) in [5.74, 6) is 0.535. The van der Waals surface area contributed by atoms with Gasteiger partial charge in [-0.1, -0.05) is 34.0 Å². The third kappa shape index (κ3) is 3.27. The van der Waals surface area contributed by atoms with Crippen LogP contribution in [0.25, 0.3) is 0 Å². The van der Waals surface area contributed by atoms with E-state index in [1.165, 1.54) is 12.8 Å². The maximum absolute atomic E-state index is 12.2. The first-order valence-corrected chi connectivity index (χ1v) is 7.74. The van der Waals surface area contributed by atoms with Gasteiger partial charge in [0.15, 0.2) is 0 Å². The quantitative estimate of drug-likeness (QED) is 0.836. The van der Waals surface area contributed by atoms with E-state index in [-0.39, 0.29) is 11.9 Å². The van der Waals surface area contributed by atoms with Crippen LogP contribution in [0.1, 0.15) is 35.2 Å². The Balaban J connectivity index is 2.07. The minimum Gasteiger partial charge on any atom is -0.349 e. The van der Waals surface area contributed by atoms with Gasteiger partial charge in [0.1, 0.15) is 0 Å². The van der Waals surface area contributed by atoms with Crippen molar-refractivity contribution in [3.8, 4) is 0 Å². The van der Waals surface area contributed by atoms with E-state index in [2.05, 4.69) is 21.2 Å². The molecule has 1 fully saturated rings. The zero-order valence-electron chi connectivity index (χ0n) is 10.4. The van der Waals surface area contributed by atoms with Crippen LogP contribution >= 0.6 is 27.5 Å². The van der Waals surface area contributed by atoms with Crippen LogP contribution < -0.4 is 5.32 Å². The number of nitrogens with one attached hydrogen (secondary N) is 1. The van der Waals surface area contributed by atoms with Crippen molar-refractivity contribution in [2.24, 2.45) is 5.92 Å². The number of benzene rings is 1. The summed E-state index contributed by atoms with van der Waals surface area (Å²) in [6.45, 7) is 1.94. The molecule has 98 valence electrons. The fourth-order valence-corrected chi connectivity index (χ4v) is 3.60. The van der Waals surface area contributed by atoms with E-state index in [1.807, 2.05) is 19.1 Å². The van der Waals surface area contributed by atoms with Crippen molar-refractivity contribution in [1.29, 1.82) is 0 Å². The molecule has 0 bridgehead atoms. The lowest BCUT2D eigenvalue weighted by atomic mass is 10.1. The number of hydrogen-bond acceptors (Lipinski definition) is 1. The average Bonchev–Trinajstić information content (AvgIpc) is 2.75. The summed E-state index contributed by atoms with van der Waals surface area (Å²) in [7, 11) is 0. The van der Waals surface area contributed by atoms with Gasteiger partial charge in [0, 0.05) is 22.0 Å². The van der Waals surface area contributed by atoms with Gasteiger partial charge in [0.05, 0.1) is 0 Å². The molecule has 2 rings (SSSR count). The normalized spacial score (nSPS) is 23.1. The molecule has 1 aliphatic rings. The van der Waals surface area contributed by atoms with E-state index in [0.29, 0.717) is 16.5 Å². The Bertz CT molecular complexity index is 429. The molecule has 1 saturated carbocycles. The number of halogens is 2. The third-order valence-corrected chi connectivity index (χ3v) is 4.53. The minimum atomic E-state index is -0.0153. The van der Waals surface area contributed by atoms with Gasteiger partial charge in [-0.05, 0) is 49.4 Å². The molecule has 0 radical (unpaired) electrons. The Morgan fingerprint density at radius 3 is 2.89 bits per heavy atom. The fraction of sp³-hybridized carbons (Fsp3) is 0.500. The lowest BCUT2D eigenvalue weighted by Gasteiger charge is -2.19. The molecule has 1 amide bonds. The second-order valence-corrected chi connectivity index (χ2v) is 6.03. The standard InChI is InChI=1S/C14H17BrClNO/c1-9-5-11(7-12(16)6-9)14(18)17-13-4-2-3-10(13)8-15/h5-7,10,13H,2-4,8H2,1H3,(H,17,18). The molecule has 1 aromatic carbocycles. The summed E-state index contributed by atoms with van der Waals surface area (Å²) in [5.41, 5.74) is 1.66. The second-order valence-electron chi connectivity index (χ2n) is 4.94. The minimum absolute atomic E-state index is 0.0153. The van der Waals surface area contributed by atoms with Crippen molar-refractivity contribution in [2.45, 2.75) is 32.2 Å². The van der Waals surface area contributed by atoms with E-state index in [1.54, 1.807) is 6.07 Å². The van der Waals surface area contributed by atoms with Gasteiger partial charge in [0.2, 0.25) is 0 Å². The topological polar surface area (TPSA) is 29.1 Å². The highest BCUT2D eigenvalue weighted by atomic mass is 79.9. The maximum Gasteiger partial charge on any atom is 0.251 e. The molecule has 1 N–H and O–H groups in total. The highest BCUT2D eigenvalue weighted by Crippen LogP contribution is 2.27. The number of carbonyl (C=O) groups excluding carboxylic acids is 1. The number of rotatable bonds is 3. The van der Waals surface area contributed by atoms with Gasteiger partial charge >= 0.3 is 0 Å². The Morgan fingerprint density at radius 2 is 2.22 bits per heavy atom. The lowest BCUT2D eigenvalue weighted by Crippen LogP contribution is -2.37. The van der Waals surface area contributed by atoms with Gasteiger partial charge in [-0.15, -0.1) is 0 Å². The van der Waals surface area contributed by atoms with Crippen LogP contribution in [0, 0.1) is 12.8 Å². The molecule has 2 atom stereocenters. The first-order valence-electron chi connectivity index (χ1n) is 6.24. The predicted octanol–water partition coefficient (Wildman–Crippen LogP) is 3.94. The van der Waals surface area contributed by atoms with Gasteiger partial charge < -0.3 is 5.32 Å². The van der Waals surface area contributed by atoms with Gasteiger partial charge in [-0.3, -0.25) is 4.79 Å². The number of aryl methyl sites for hydroxylation is 1. The summed E-state index contributed by atoms with van der Waals surface area (Å²) < 4.78 is 0. The fourth-order valence-electron chi connectivity index (χ4n) is 2.53. The first kappa shape index (κ1) is 13.9. The molecule has 0 saturated heterocycles. The molecular weight excluding hydrogens is 314 g/mol. The number of alkyl halides is 1. The third-order valence-electron chi connectivity index (χ3n) is 3.48. The van der Waals surface area contributed by atoms with Crippen LogP contribution in [0.5, 0.6) is 0 Å². The molecule has 2 unspecified atom stereocenters. The smallest absolute Gasteiger partial charge is 0.251 e. The Kier molecular flexibility index (Phi) is 4.68. The molecule has 0 aromatic heterocycles. The summed E-state index contributed by atoms with van der Waals surface area (Å²) >= 11 is 9.49. The molecule has 1 aliphatic carbocycles. The van der Waals surface area contributed by atoms with E-state index in [4.69, 9.17) is 11.6 Å². The highest BCUT2D eigenvalue weighted by Gasteiger charge is 2.27. The van der Waals surface area contributed by atoms with Crippen molar-refractivity contribution in [1.82, 2.24) is 5.32 Å². The van der Waals surface area contributed by atoms with Gasteiger partial charge in [-0.25, -0.2) is 0 Å². The van der Waals surface area contributed by atoms with Crippen LogP contribution in [0.4, 0.5) is 0 Å². The summed E-state index contributed by atoms with van der Waals surface area (Å²) in [4.78, 5) is 12.2. The molecule has 1 aromatic rings. The van der Waals surface area contributed by atoms with E-state index in [9.17, 15) is 4.79 Å². The number of amides is 1. The zero-order chi connectivity index (χ0) is 13.1. The molecule has 0 heterocycles. The van der Waals surface area contributed by atoms with Crippen molar-refractivity contribution in [3.05, 3.63) is 34.3 Å². The summed E-state index contributed by atoms with van der Waals surface area (Å²) in [6.07, 6.45) is 3.45. The van der Waals surface area contributed by atoms with Crippen molar-refractivity contribution < 1.29 is 4.79 Å². The Hall–Kier alpha value is -0.540. The van der Waals surface area contributed by atoms with E-state index < -0.39 is 0 Å². The first-order chi connectivity index (χ1) is 8.60.